The molecule has 1 aromatic carbocycles. The molecule has 0 aliphatic carbocycles. The van der Waals surface area contributed by atoms with Gasteiger partial charge in [-0.3, -0.25) is 57.9 Å². The van der Waals surface area contributed by atoms with Gasteiger partial charge in [0.25, 0.3) is 0 Å². The minimum absolute atomic E-state index is 0.00386. The Balaban J connectivity index is 3.42. The van der Waals surface area contributed by atoms with Crippen molar-refractivity contribution in [2.75, 3.05) is 26.3 Å². The zero-order valence-corrected chi connectivity index (χ0v) is 47.3. The highest BCUT2D eigenvalue weighted by molar-refractivity contribution is 5.98. The van der Waals surface area contributed by atoms with Crippen LogP contribution in [0.1, 0.15) is 149 Å². The van der Waals surface area contributed by atoms with Gasteiger partial charge in [0.05, 0.1) is 43.4 Å². The van der Waals surface area contributed by atoms with Crippen molar-refractivity contribution in [1.82, 2.24) is 26.6 Å². The Hall–Kier alpha value is -6.86. The van der Waals surface area contributed by atoms with Crippen molar-refractivity contribution in [2.45, 2.75) is 187 Å². The minimum Gasteiger partial charge on any atom is -0.481 e. The maximum absolute atomic E-state index is 14.5. The van der Waals surface area contributed by atoms with E-state index < -0.39 is 158 Å². The standard InChI is InChI=1S/C55H91N11O14/c1-6-7-8-9-10-11-15-22-46(74)65-49(35(5)70)53(80)66-48(33(2)3)45(73)29-38(27-36-18-13-12-14-19-36)51(78)63-41(21-17-26-61-55(58)59)43(71)30-39(31-67)52(79)64-42(32-68)44(72)28-37(20-16-25-60-54(56)57)50(77)62-40(34(4)69)23-24-47(75)76/h12-14,18-19,33,35,37-42,48-49,67-68,70H,6-11,15-17,20-32H2,1-5H3,(H,62,77)(H,63,78)(H,64,79)(H,65,74)(H,66,80)(H,75,76)(H4,56,57,60)(H4,58,59,61)/t35-,37-,38-,39+,40+,41+,42+,48+,49+/m1/s1. The molecular formula is C55H91N11O14. The van der Waals surface area contributed by atoms with E-state index in [-0.39, 0.29) is 70.0 Å². The molecule has 0 aliphatic rings. The van der Waals surface area contributed by atoms with E-state index in [0.29, 0.717) is 12.0 Å². The molecule has 0 bridgehead atoms. The number of nitrogens with two attached hydrogens (primary N) is 4. The maximum atomic E-state index is 14.5. The van der Waals surface area contributed by atoms with Crippen molar-refractivity contribution in [3.63, 3.8) is 0 Å². The minimum atomic E-state index is -1.66. The van der Waals surface area contributed by atoms with Gasteiger partial charge in [-0.1, -0.05) is 89.6 Å². The van der Waals surface area contributed by atoms with Crippen molar-refractivity contribution in [3.8, 4) is 0 Å². The second kappa shape index (κ2) is 39.5. The van der Waals surface area contributed by atoms with Gasteiger partial charge in [0.15, 0.2) is 35.1 Å². The van der Waals surface area contributed by atoms with Crippen LogP contribution in [0.15, 0.2) is 40.3 Å². The maximum Gasteiger partial charge on any atom is 0.303 e. The zero-order valence-electron chi connectivity index (χ0n) is 47.3. The van der Waals surface area contributed by atoms with Crippen molar-refractivity contribution in [1.29, 1.82) is 0 Å². The Morgan fingerprint density at radius 2 is 1.05 bits per heavy atom. The number of unbranched alkanes of at least 4 members (excludes halogenated alkanes) is 6. The highest BCUT2D eigenvalue weighted by Crippen LogP contribution is 2.21. The van der Waals surface area contributed by atoms with E-state index in [4.69, 9.17) is 28.0 Å². The molecule has 0 fully saturated rings. The number of Topliss-reactive ketones (excluding diaryl/α,β-unsaturated/α-hetero) is 4. The van der Waals surface area contributed by atoms with Crippen LogP contribution in [0.2, 0.25) is 0 Å². The lowest BCUT2D eigenvalue weighted by atomic mass is 9.87. The van der Waals surface area contributed by atoms with Gasteiger partial charge in [0.1, 0.15) is 12.1 Å². The topological polar surface area (TPSA) is 441 Å². The number of aliphatic hydroxyl groups excluding tert-OH is 3. The predicted molar refractivity (Wildman–Crippen MR) is 300 cm³/mol. The third-order valence-electron chi connectivity index (χ3n) is 13.4. The molecule has 25 nitrogen and oxygen atoms in total. The molecule has 0 heterocycles. The monoisotopic (exact) mass is 1130 g/mol. The number of carboxylic acid groups (broad SMARTS) is 1. The second-order valence-corrected chi connectivity index (χ2v) is 20.7. The fraction of sp³-hybridized carbons (Fsp3) is 0.673. The summed E-state index contributed by atoms with van der Waals surface area (Å²) in [5.74, 6) is -12.6. The number of amides is 5. The molecule has 1 aromatic rings. The molecule has 0 aliphatic heterocycles. The number of guanidine groups is 2. The number of carbonyl (C=O) groups excluding carboxylic acids is 9. The molecule has 0 radical (unpaired) electrons. The fourth-order valence-corrected chi connectivity index (χ4v) is 8.72. The van der Waals surface area contributed by atoms with Gasteiger partial charge in [0.2, 0.25) is 29.5 Å². The predicted octanol–water partition coefficient (Wildman–Crippen LogP) is 0.102. The highest BCUT2D eigenvalue weighted by atomic mass is 16.4. The summed E-state index contributed by atoms with van der Waals surface area (Å²) in [7, 11) is 0. The number of carbonyl (C=O) groups is 10. The number of ketones is 4. The molecule has 0 spiro atoms. The average molecular weight is 1130 g/mol. The van der Waals surface area contributed by atoms with Crippen molar-refractivity contribution < 1.29 is 68.4 Å². The third-order valence-corrected chi connectivity index (χ3v) is 13.4. The smallest absolute Gasteiger partial charge is 0.303 e. The summed E-state index contributed by atoms with van der Waals surface area (Å²) < 4.78 is 0. The number of hydrogen-bond acceptors (Lipinski definition) is 15. The normalized spacial score (nSPS) is 14.5. The SMILES string of the molecule is CCCCCCCCCC(=O)N[C@H](C(=O)N[C@H](C(=O)C[C@@H](Cc1ccccc1)C(=O)N[C@@H](CCCN=C(N)N)C(=O)C[C@@H](CO)C(=O)N[C@@H](CO)C(=O)C[C@@H](CCCN=C(N)N)C(=O)N[C@@H](CCC(=O)O)C(C)=O)C(C)C)[C@@H](C)O. The van der Waals surface area contributed by atoms with Crippen molar-refractivity contribution in [3.05, 3.63) is 35.9 Å². The summed E-state index contributed by atoms with van der Waals surface area (Å²) in [4.78, 5) is 142. The van der Waals surface area contributed by atoms with Gasteiger partial charge >= 0.3 is 5.97 Å². The Morgan fingerprint density at radius 1 is 0.537 bits per heavy atom. The van der Waals surface area contributed by atoms with Crippen LogP contribution < -0.4 is 49.5 Å². The lowest BCUT2D eigenvalue weighted by molar-refractivity contribution is -0.138. The number of aliphatic carboxylic acids is 1. The molecule has 9 atom stereocenters. The number of nitrogens with zero attached hydrogens (tertiary/aromatic N) is 2. The number of nitrogens with one attached hydrogen (secondary N) is 5. The molecule has 25 heteroatoms. The number of hydrogen-bond donors (Lipinski definition) is 13. The number of aliphatic imine (C=N–C) groups is 2. The fourth-order valence-electron chi connectivity index (χ4n) is 8.72. The quantitative estimate of drug-likeness (QED) is 0.0234. The second-order valence-electron chi connectivity index (χ2n) is 20.7. The van der Waals surface area contributed by atoms with Gasteiger partial charge in [-0.2, -0.15) is 0 Å². The lowest BCUT2D eigenvalue weighted by Gasteiger charge is -2.28. The Bertz CT molecular complexity index is 2200. The van der Waals surface area contributed by atoms with E-state index in [0.717, 1.165) is 45.4 Å². The number of rotatable bonds is 44. The van der Waals surface area contributed by atoms with Gasteiger partial charge in [-0.05, 0) is 70.3 Å². The van der Waals surface area contributed by atoms with E-state index >= 15 is 0 Å². The molecule has 17 N–H and O–H groups in total. The van der Waals surface area contributed by atoms with Crippen LogP contribution in [0.3, 0.4) is 0 Å². The van der Waals surface area contributed by atoms with Gasteiger partial charge < -0.3 is 69.9 Å². The first-order valence-corrected chi connectivity index (χ1v) is 27.7. The van der Waals surface area contributed by atoms with Crippen LogP contribution in [0.4, 0.5) is 0 Å². The van der Waals surface area contributed by atoms with Gasteiger partial charge in [-0.15, -0.1) is 0 Å². The zero-order chi connectivity index (χ0) is 60.3. The third kappa shape index (κ3) is 29.4. The molecule has 0 aromatic heterocycles. The molecule has 5 amide bonds. The van der Waals surface area contributed by atoms with Crippen LogP contribution in [0.5, 0.6) is 0 Å². The number of benzene rings is 1. The largest absolute Gasteiger partial charge is 0.481 e. The van der Waals surface area contributed by atoms with Crippen LogP contribution in [-0.2, 0) is 54.4 Å². The van der Waals surface area contributed by atoms with E-state index in [1.807, 2.05) is 0 Å². The summed E-state index contributed by atoms with van der Waals surface area (Å²) in [6.07, 6.45) is 3.44. The van der Waals surface area contributed by atoms with Crippen molar-refractivity contribution >= 4 is 70.6 Å². The molecule has 450 valence electrons. The molecule has 0 saturated heterocycles. The van der Waals surface area contributed by atoms with Crippen LogP contribution >= 0.6 is 0 Å². The first-order valence-electron chi connectivity index (χ1n) is 27.7. The van der Waals surface area contributed by atoms with E-state index in [1.54, 1.807) is 44.2 Å². The Labute approximate surface area is 469 Å². The van der Waals surface area contributed by atoms with Crippen LogP contribution in [0.25, 0.3) is 0 Å². The summed E-state index contributed by atoms with van der Waals surface area (Å²) in [6, 6.07) is 1.93. The Kier molecular flexibility index (Phi) is 35.1. The van der Waals surface area contributed by atoms with E-state index in [1.165, 1.54) is 6.92 Å². The summed E-state index contributed by atoms with van der Waals surface area (Å²) in [5, 5.41) is 53.3. The molecule has 1 rings (SSSR count). The average Bonchev–Trinajstić information content (AvgIpc) is 3.39. The molecule has 80 heavy (non-hydrogen) atoms. The van der Waals surface area contributed by atoms with E-state index in [2.05, 4.69) is 43.5 Å². The molecule has 0 saturated carbocycles. The van der Waals surface area contributed by atoms with Gasteiger partial charge in [-0.25, -0.2) is 0 Å². The highest BCUT2D eigenvalue weighted by Gasteiger charge is 2.36. The lowest BCUT2D eigenvalue weighted by Crippen LogP contribution is -2.57. The summed E-state index contributed by atoms with van der Waals surface area (Å²) >= 11 is 0. The van der Waals surface area contributed by atoms with Crippen molar-refractivity contribution in [2.24, 2.45) is 56.6 Å². The van der Waals surface area contributed by atoms with Crippen LogP contribution in [-0.4, -0.2) is 154 Å². The van der Waals surface area contributed by atoms with Gasteiger partial charge in [0, 0.05) is 57.0 Å². The molecular weight excluding hydrogens is 1040 g/mol. The first kappa shape index (κ1) is 71.2. The molecule has 0 unspecified atom stereocenters. The Morgan fingerprint density at radius 3 is 1.59 bits per heavy atom. The first-order chi connectivity index (χ1) is 37.8. The number of aliphatic hydroxyl groups is 3. The van der Waals surface area contributed by atoms with E-state index in [9.17, 15) is 63.3 Å². The summed E-state index contributed by atoms with van der Waals surface area (Å²) in [5.41, 5.74) is 22.5. The van der Waals surface area contributed by atoms with Crippen LogP contribution in [0, 0.1) is 23.7 Å². The number of carboxylic acids is 1. The summed E-state index contributed by atoms with van der Waals surface area (Å²) in [6.45, 7) is 6.14.